The number of carboxylic acid groups (broad SMARTS) is 1. The molecule has 1 amide bonds. The number of rotatable bonds is 2. The van der Waals surface area contributed by atoms with Crippen LogP contribution < -0.4 is 5.32 Å². The maximum atomic E-state index is 13.1. The molecule has 1 heterocycles. The summed E-state index contributed by atoms with van der Waals surface area (Å²) in [6, 6.07) is 2.96. The maximum absolute atomic E-state index is 13.1. The minimum absolute atomic E-state index is 0.0337. The van der Waals surface area contributed by atoms with Gasteiger partial charge in [0.25, 0.3) is 0 Å². The minimum Gasteiger partial charge on any atom is -0.480 e. The summed E-state index contributed by atoms with van der Waals surface area (Å²) in [7, 11) is 0. The Hall–Kier alpha value is -1.62. The molecule has 1 fully saturated rings. The van der Waals surface area contributed by atoms with Crippen LogP contribution in [0.15, 0.2) is 18.2 Å². The van der Waals surface area contributed by atoms with Gasteiger partial charge in [0.1, 0.15) is 11.9 Å². The second-order valence-corrected chi connectivity index (χ2v) is 4.97. The molecule has 1 aliphatic heterocycles. The summed E-state index contributed by atoms with van der Waals surface area (Å²) in [5.41, 5.74) is -0.403. The van der Waals surface area contributed by atoms with Crippen LogP contribution in [0.5, 0.6) is 0 Å². The first-order valence-corrected chi connectivity index (χ1v) is 5.70. The highest BCUT2D eigenvalue weighted by Crippen LogP contribution is 2.37. The summed E-state index contributed by atoms with van der Waals surface area (Å²) < 4.78 is 13.1. The van der Waals surface area contributed by atoms with E-state index in [2.05, 4.69) is 5.32 Å². The minimum atomic E-state index is -1.12. The van der Waals surface area contributed by atoms with E-state index in [0.717, 1.165) is 0 Å². The Morgan fingerprint density at radius 1 is 1.61 bits per heavy atom. The van der Waals surface area contributed by atoms with Crippen molar-refractivity contribution in [1.82, 2.24) is 5.32 Å². The van der Waals surface area contributed by atoms with E-state index < -0.39 is 23.2 Å². The highest BCUT2D eigenvalue weighted by molar-refractivity contribution is 6.30. The zero-order valence-corrected chi connectivity index (χ0v) is 10.3. The van der Waals surface area contributed by atoms with Crippen molar-refractivity contribution >= 4 is 23.5 Å². The Kier molecular flexibility index (Phi) is 3.02. The van der Waals surface area contributed by atoms with Gasteiger partial charge in [-0.25, -0.2) is 9.18 Å². The van der Waals surface area contributed by atoms with Gasteiger partial charge in [-0.1, -0.05) is 24.6 Å². The lowest BCUT2D eigenvalue weighted by atomic mass is 9.76. The Labute approximate surface area is 108 Å². The first kappa shape index (κ1) is 12.8. The molecule has 0 bridgehead atoms. The second-order valence-electron chi connectivity index (χ2n) is 4.56. The van der Waals surface area contributed by atoms with Gasteiger partial charge in [-0.05, 0) is 17.7 Å². The maximum Gasteiger partial charge on any atom is 0.327 e. The van der Waals surface area contributed by atoms with Crippen LogP contribution in [0.1, 0.15) is 18.9 Å². The molecule has 2 N–H and O–H groups in total. The molecule has 0 aliphatic carbocycles. The average molecular weight is 272 g/mol. The number of aliphatic carboxylic acids is 1. The van der Waals surface area contributed by atoms with Gasteiger partial charge in [0.15, 0.2) is 0 Å². The third-order valence-corrected chi connectivity index (χ3v) is 3.59. The molecule has 2 rings (SSSR count). The highest BCUT2D eigenvalue weighted by atomic mass is 35.5. The largest absolute Gasteiger partial charge is 0.480 e. The van der Waals surface area contributed by atoms with Crippen molar-refractivity contribution in [2.75, 3.05) is 0 Å². The fraction of sp³-hybridized carbons (Fsp3) is 0.333. The van der Waals surface area contributed by atoms with E-state index in [4.69, 9.17) is 16.7 Å². The Morgan fingerprint density at radius 3 is 2.83 bits per heavy atom. The summed E-state index contributed by atoms with van der Waals surface area (Å²) in [5.74, 6) is -2.04. The lowest BCUT2D eigenvalue weighted by molar-refractivity contribution is -0.141. The molecule has 1 aliphatic rings. The van der Waals surface area contributed by atoms with Gasteiger partial charge < -0.3 is 10.4 Å². The number of carboxylic acids is 1. The van der Waals surface area contributed by atoms with Gasteiger partial charge in [-0.15, -0.1) is 0 Å². The van der Waals surface area contributed by atoms with E-state index in [9.17, 15) is 14.0 Å². The second kappa shape index (κ2) is 4.24. The number of hydrogen-bond donors (Lipinski definition) is 2. The van der Waals surface area contributed by atoms with Gasteiger partial charge >= 0.3 is 5.97 Å². The molecule has 2 atom stereocenters. The highest BCUT2D eigenvalue weighted by Gasteiger charge is 2.48. The van der Waals surface area contributed by atoms with Crippen molar-refractivity contribution < 1.29 is 19.1 Å². The van der Waals surface area contributed by atoms with Crippen LogP contribution in [0, 0.1) is 5.82 Å². The number of halogens is 2. The van der Waals surface area contributed by atoms with E-state index in [0.29, 0.717) is 5.56 Å². The molecular formula is C12H11ClFNO3. The zero-order valence-electron chi connectivity index (χ0n) is 9.54. The van der Waals surface area contributed by atoms with E-state index in [1.54, 1.807) is 6.92 Å². The molecule has 96 valence electrons. The molecule has 0 radical (unpaired) electrons. The van der Waals surface area contributed by atoms with Crippen LogP contribution in [-0.2, 0) is 15.0 Å². The summed E-state index contributed by atoms with van der Waals surface area (Å²) in [5, 5.41) is 11.4. The first-order chi connectivity index (χ1) is 8.34. The van der Waals surface area contributed by atoms with Crippen LogP contribution in [0.25, 0.3) is 0 Å². The summed E-state index contributed by atoms with van der Waals surface area (Å²) in [6.45, 7) is 1.65. The fourth-order valence-electron chi connectivity index (χ4n) is 2.26. The molecule has 0 saturated carbocycles. The molecule has 4 nitrogen and oxygen atoms in total. The van der Waals surface area contributed by atoms with E-state index >= 15 is 0 Å². The first-order valence-electron chi connectivity index (χ1n) is 5.32. The zero-order chi connectivity index (χ0) is 13.5. The van der Waals surface area contributed by atoms with Crippen LogP contribution in [0.2, 0.25) is 5.02 Å². The smallest absolute Gasteiger partial charge is 0.327 e. The molecule has 6 heteroatoms. The molecule has 2 unspecified atom stereocenters. The average Bonchev–Trinajstić information content (AvgIpc) is 2.59. The molecular weight excluding hydrogens is 261 g/mol. The predicted molar refractivity (Wildman–Crippen MR) is 62.9 cm³/mol. The third kappa shape index (κ3) is 1.95. The van der Waals surface area contributed by atoms with Crippen molar-refractivity contribution in [2.24, 2.45) is 0 Å². The number of hydrogen-bond acceptors (Lipinski definition) is 2. The van der Waals surface area contributed by atoms with Crippen molar-refractivity contribution in [3.8, 4) is 0 Å². The fourth-order valence-corrected chi connectivity index (χ4v) is 2.44. The number of carbonyl (C=O) groups is 2. The number of carbonyl (C=O) groups excluding carboxylic acids is 1. The molecule has 1 aromatic carbocycles. The van der Waals surface area contributed by atoms with Gasteiger partial charge in [0.2, 0.25) is 5.91 Å². The monoisotopic (exact) mass is 271 g/mol. The molecule has 1 saturated heterocycles. The standard InChI is InChI=1S/C12H11ClFNO3/c1-12(5-9(16)15-10(12)11(17)18)6-2-3-8(14)7(13)4-6/h2-4,10H,5H2,1H3,(H,15,16)(H,17,18). The molecule has 0 spiro atoms. The number of nitrogens with one attached hydrogen (secondary N) is 1. The molecule has 0 aromatic heterocycles. The van der Waals surface area contributed by atoms with Crippen molar-refractivity contribution in [3.05, 3.63) is 34.6 Å². The van der Waals surface area contributed by atoms with E-state index in [-0.39, 0.29) is 17.4 Å². The van der Waals surface area contributed by atoms with E-state index in [1.165, 1.54) is 18.2 Å². The van der Waals surface area contributed by atoms with Gasteiger partial charge in [-0.3, -0.25) is 4.79 Å². The quantitative estimate of drug-likeness (QED) is 0.860. The lowest BCUT2D eigenvalue weighted by Gasteiger charge is -2.27. The van der Waals surface area contributed by atoms with Crippen LogP contribution in [0.3, 0.4) is 0 Å². The normalized spacial score (nSPS) is 27.1. The Balaban J connectivity index is 2.48. The van der Waals surface area contributed by atoms with E-state index in [1.807, 2.05) is 0 Å². The lowest BCUT2D eigenvalue weighted by Crippen LogP contribution is -2.44. The molecule has 18 heavy (non-hydrogen) atoms. The summed E-state index contributed by atoms with van der Waals surface area (Å²) in [6.07, 6.45) is 0.0337. The molecule has 1 aromatic rings. The van der Waals surface area contributed by atoms with Gasteiger partial charge in [0.05, 0.1) is 5.02 Å². The number of amides is 1. The Bertz CT molecular complexity index is 534. The SMILES string of the molecule is CC1(c2ccc(F)c(Cl)c2)CC(=O)NC1C(=O)O. The van der Waals surface area contributed by atoms with Crippen molar-refractivity contribution in [1.29, 1.82) is 0 Å². The topological polar surface area (TPSA) is 66.4 Å². The van der Waals surface area contributed by atoms with Gasteiger partial charge in [-0.2, -0.15) is 0 Å². The summed E-state index contributed by atoms with van der Waals surface area (Å²) in [4.78, 5) is 22.6. The number of benzene rings is 1. The predicted octanol–water partition coefficient (Wildman–Crippen LogP) is 1.71. The van der Waals surface area contributed by atoms with Crippen molar-refractivity contribution in [2.45, 2.75) is 24.8 Å². The van der Waals surface area contributed by atoms with Crippen LogP contribution >= 0.6 is 11.6 Å². The van der Waals surface area contributed by atoms with Gasteiger partial charge in [0, 0.05) is 11.8 Å². The summed E-state index contributed by atoms with van der Waals surface area (Å²) >= 11 is 5.69. The third-order valence-electron chi connectivity index (χ3n) is 3.30. The van der Waals surface area contributed by atoms with Crippen molar-refractivity contribution in [3.63, 3.8) is 0 Å². The van der Waals surface area contributed by atoms with Crippen LogP contribution in [0.4, 0.5) is 4.39 Å². The van der Waals surface area contributed by atoms with Crippen LogP contribution in [-0.4, -0.2) is 23.0 Å². The Morgan fingerprint density at radius 2 is 2.28 bits per heavy atom.